The van der Waals surface area contributed by atoms with Gasteiger partial charge in [-0.3, -0.25) is 19.1 Å². The van der Waals surface area contributed by atoms with Gasteiger partial charge in [0.05, 0.1) is 25.5 Å². The third-order valence-corrected chi connectivity index (χ3v) is 10.8. The van der Waals surface area contributed by atoms with E-state index in [1.807, 2.05) is 12.1 Å². The highest BCUT2D eigenvalue weighted by Gasteiger charge is 2.62. The fraction of sp³-hybridized carbons (Fsp3) is 0.516. The number of hydrogen-bond donors (Lipinski definition) is 4. The molecule has 4 N–H and O–H groups in total. The number of nitrogens with one attached hydrogen (secondary N) is 3. The van der Waals surface area contributed by atoms with E-state index in [4.69, 9.17) is 14.2 Å². The van der Waals surface area contributed by atoms with Crippen LogP contribution in [0.5, 0.6) is 11.6 Å². The zero-order valence-corrected chi connectivity index (χ0v) is 26.5. The van der Waals surface area contributed by atoms with E-state index in [1.54, 1.807) is 37.6 Å². The van der Waals surface area contributed by atoms with Crippen LogP contribution in [0.4, 0.5) is 4.79 Å². The van der Waals surface area contributed by atoms with E-state index >= 15 is 0 Å². The number of nitrogens with zero attached hydrogens (tertiary/aromatic N) is 2. The molecule has 6 rings (SSSR count). The molecule has 47 heavy (non-hydrogen) atoms. The van der Waals surface area contributed by atoms with Crippen LogP contribution in [0.15, 0.2) is 42.6 Å². The van der Waals surface area contributed by atoms with Gasteiger partial charge in [0.2, 0.25) is 27.7 Å². The molecular weight excluding hydrogens is 634 g/mol. The number of amides is 4. The van der Waals surface area contributed by atoms with E-state index < -0.39 is 68.7 Å². The van der Waals surface area contributed by atoms with Crippen molar-refractivity contribution in [1.29, 1.82) is 0 Å². The lowest BCUT2D eigenvalue weighted by molar-refractivity contribution is -0.142. The summed E-state index contributed by atoms with van der Waals surface area (Å²) in [5, 5.41) is 15.3. The number of rotatable bonds is 7. The molecule has 1 saturated heterocycles. The summed E-state index contributed by atoms with van der Waals surface area (Å²) in [5.74, 6) is -1.79. The van der Waals surface area contributed by atoms with Crippen LogP contribution in [0, 0.1) is 5.92 Å². The zero-order chi connectivity index (χ0) is 33.3. The fourth-order valence-corrected chi connectivity index (χ4v) is 7.50. The summed E-state index contributed by atoms with van der Waals surface area (Å²) in [5.41, 5.74) is -1.53. The number of methoxy groups -OCH3 is 1. The third kappa shape index (κ3) is 6.98. The maximum atomic E-state index is 14.0. The molecule has 4 aliphatic rings. The van der Waals surface area contributed by atoms with Crippen molar-refractivity contribution < 1.29 is 46.9 Å². The summed E-state index contributed by atoms with van der Waals surface area (Å²) >= 11 is 0. The van der Waals surface area contributed by atoms with Crippen LogP contribution in [0.1, 0.15) is 38.5 Å². The van der Waals surface area contributed by atoms with Crippen LogP contribution in [0.3, 0.4) is 0 Å². The first-order valence-corrected chi connectivity index (χ1v) is 17.1. The first-order valence-electron chi connectivity index (χ1n) is 15.5. The van der Waals surface area contributed by atoms with Crippen LogP contribution in [-0.2, 0) is 29.1 Å². The van der Waals surface area contributed by atoms with Gasteiger partial charge in [0.15, 0.2) is 0 Å². The van der Waals surface area contributed by atoms with E-state index in [9.17, 15) is 32.7 Å². The van der Waals surface area contributed by atoms with Gasteiger partial charge in [-0.15, -0.1) is 0 Å². The molecule has 1 aromatic carbocycles. The average molecular weight is 672 g/mol. The van der Waals surface area contributed by atoms with Crippen LogP contribution >= 0.6 is 0 Å². The van der Waals surface area contributed by atoms with Crippen molar-refractivity contribution in [1.82, 2.24) is 25.2 Å². The molecule has 0 radical (unpaired) electrons. The predicted molar refractivity (Wildman–Crippen MR) is 166 cm³/mol. The molecule has 2 aromatic rings. The number of carbonyl (C=O) groups is 4. The number of aromatic nitrogens is 1. The normalized spacial score (nSPS) is 28.9. The standard InChI is InChI=1S/C31H37N5O10S/c1-44-20-6-9-23-18(13-20)10-11-32-27(23)46-21-14-25-26(37)34-31(29(39)35-47(42,43)22-7-8-22)15-19(31)5-3-2-4-12-45-17-24(33-30(40)41)28(38)36(25)16-21/h3,5-6,9-11,13,19,21-22,24-25,33H,2,4,7-8,12,14-17H2,1H3,(H,34,37)(H,35,39)(H,40,41)/b5-3-/t19-,21-,24+,25+,31-/m1/s1. The van der Waals surface area contributed by atoms with Gasteiger partial charge in [0, 0.05) is 30.5 Å². The molecule has 2 aliphatic heterocycles. The molecule has 0 unspecified atom stereocenters. The second-order valence-electron chi connectivity index (χ2n) is 12.3. The van der Waals surface area contributed by atoms with E-state index in [0.29, 0.717) is 36.8 Å². The molecule has 3 fully saturated rings. The molecule has 16 heteroatoms. The lowest BCUT2D eigenvalue weighted by Gasteiger charge is -2.29. The van der Waals surface area contributed by atoms with Crippen molar-refractivity contribution in [2.75, 3.05) is 26.9 Å². The minimum absolute atomic E-state index is 0.00891. The Balaban J connectivity index is 1.30. The minimum atomic E-state index is -3.90. The van der Waals surface area contributed by atoms with E-state index in [0.717, 1.165) is 5.39 Å². The van der Waals surface area contributed by atoms with Crippen molar-refractivity contribution in [3.63, 3.8) is 0 Å². The number of benzene rings is 1. The van der Waals surface area contributed by atoms with Gasteiger partial charge in [-0.05, 0) is 61.8 Å². The highest BCUT2D eigenvalue weighted by Crippen LogP contribution is 2.46. The molecule has 15 nitrogen and oxygen atoms in total. The Morgan fingerprint density at radius 3 is 2.77 bits per heavy atom. The topological polar surface area (TPSA) is 203 Å². The largest absolute Gasteiger partial charge is 0.497 e. The van der Waals surface area contributed by atoms with Gasteiger partial charge in [-0.1, -0.05) is 12.2 Å². The number of pyridine rings is 1. The van der Waals surface area contributed by atoms with E-state index in [-0.39, 0.29) is 38.5 Å². The van der Waals surface area contributed by atoms with Crippen LogP contribution in [0.2, 0.25) is 0 Å². The number of carboxylic acid groups (broad SMARTS) is 1. The summed E-state index contributed by atoms with van der Waals surface area (Å²) in [4.78, 5) is 58.6. The van der Waals surface area contributed by atoms with Gasteiger partial charge in [-0.25, -0.2) is 18.2 Å². The highest BCUT2D eigenvalue weighted by molar-refractivity contribution is 7.91. The summed E-state index contributed by atoms with van der Waals surface area (Å²) in [6.07, 6.45) is 5.17. The molecule has 2 saturated carbocycles. The van der Waals surface area contributed by atoms with Crippen LogP contribution in [-0.4, -0.2) is 103 Å². The lowest BCUT2D eigenvalue weighted by Crippen LogP contribution is -2.58. The van der Waals surface area contributed by atoms with Crippen molar-refractivity contribution >= 4 is 44.6 Å². The first-order chi connectivity index (χ1) is 22.5. The molecule has 4 amide bonds. The van der Waals surface area contributed by atoms with Crippen molar-refractivity contribution in [2.24, 2.45) is 5.92 Å². The number of hydrogen-bond acceptors (Lipinski definition) is 10. The summed E-state index contributed by atoms with van der Waals surface area (Å²) < 4.78 is 44.7. The van der Waals surface area contributed by atoms with Gasteiger partial charge >= 0.3 is 6.09 Å². The van der Waals surface area contributed by atoms with E-state index in [1.165, 1.54) is 4.90 Å². The smallest absolute Gasteiger partial charge is 0.405 e. The number of ether oxygens (including phenoxy) is 3. The molecular formula is C31H37N5O10S. The van der Waals surface area contributed by atoms with Crippen molar-refractivity contribution in [2.45, 2.75) is 67.5 Å². The van der Waals surface area contributed by atoms with Crippen molar-refractivity contribution in [3.05, 3.63) is 42.6 Å². The molecule has 3 heterocycles. The second kappa shape index (κ2) is 13.0. The van der Waals surface area contributed by atoms with Crippen LogP contribution < -0.4 is 24.8 Å². The molecule has 2 aliphatic carbocycles. The molecule has 0 spiro atoms. The van der Waals surface area contributed by atoms with E-state index in [2.05, 4.69) is 20.3 Å². The zero-order valence-electron chi connectivity index (χ0n) is 25.7. The predicted octanol–water partition coefficient (Wildman–Crippen LogP) is 1.08. The summed E-state index contributed by atoms with van der Waals surface area (Å²) in [6.45, 7) is -0.122. The molecule has 252 valence electrons. The quantitative estimate of drug-likeness (QED) is 0.307. The molecule has 1 aromatic heterocycles. The number of carbonyl (C=O) groups excluding carboxylic acids is 3. The van der Waals surface area contributed by atoms with Crippen LogP contribution in [0.25, 0.3) is 10.8 Å². The summed E-state index contributed by atoms with van der Waals surface area (Å²) in [7, 11) is -2.34. The Kier molecular flexibility index (Phi) is 8.98. The number of sulfonamides is 1. The Labute approximate surface area is 271 Å². The van der Waals surface area contributed by atoms with Gasteiger partial charge < -0.3 is 34.9 Å². The Bertz CT molecular complexity index is 1710. The maximum absolute atomic E-state index is 14.0. The maximum Gasteiger partial charge on any atom is 0.405 e. The van der Waals surface area contributed by atoms with Gasteiger partial charge in [0.25, 0.3) is 5.91 Å². The minimum Gasteiger partial charge on any atom is -0.497 e. The Morgan fingerprint density at radius 1 is 1.21 bits per heavy atom. The highest BCUT2D eigenvalue weighted by atomic mass is 32.2. The second-order valence-corrected chi connectivity index (χ2v) is 14.2. The average Bonchev–Trinajstić information content (AvgIpc) is 3.96. The fourth-order valence-electron chi connectivity index (χ4n) is 6.14. The van der Waals surface area contributed by atoms with Gasteiger partial charge in [-0.2, -0.15) is 0 Å². The number of allylic oxidation sites excluding steroid dienone is 1. The first kappa shape index (κ1) is 32.5. The Hall–Kier alpha value is -4.44. The lowest BCUT2D eigenvalue weighted by atomic mass is 10.1. The van der Waals surface area contributed by atoms with Gasteiger partial charge in [0.1, 0.15) is 29.5 Å². The molecule has 0 bridgehead atoms. The van der Waals surface area contributed by atoms with Crippen molar-refractivity contribution in [3.8, 4) is 11.6 Å². The number of fused-ring (bicyclic) bond motifs is 3. The summed E-state index contributed by atoms with van der Waals surface area (Å²) in [6, 6.07) is 4.64. The third-order valence-electron chi connectivity index (χ3n) is 8.93. The SMILES string of the molecule is COc1ccc2c(O[C@@H]3C[C@H]4C(=O)N[C@]5(C(=O)NS(=O)(=O)C6CC6)C[C@H]5/C=C\CCCOC[C@H](NC(=O)O)C(=O)N4C3)nccc2c1. The Morgan fingerprint density at radius 2 is 2.02 bits per heavy atom. The molecule has 5 atom stereocenters. The monoisotopic (exact) mass is 671 g/mol.